The second-order valence-electron chi connectivity index (χ2n) is 5.35. The highest BCUT2D eigenvalue weighted by Gasteiger charge is 2.20. The highest BCUT2D eigenvalue weighted by atomic mass is 35.5. The van der Waals surface area contributed by atoms with Gasteiger partial charge in [0, 0.05) is 30.0 Å². The van der Waals surface area contributed by atoms with Crippen molar-refractivity contribution in [3.63, 3.8) is 0 Å². The summed E-state index contributed by atoms with van der Waals surface area (Å²) in [7, 11) is 0. The maximum absolute atomic E-state index is 12.3. The second kappa shape index (κ2) is 6.32. The van der Waals surface area contributed by atoms with Crippen LogP contribution in [0.15, 0.2) is 30.5 Å². The summed E-state index contributed by atoms with van der Waals surface area (Å²) in [6, 6.07) is 7.28. The van der Waals surface area contributed by atoms with Gasteiger partial charge in [0.15, 0.2) is 0 Å². The van der Waals surface area contributed by atoms with Crippen molar-refractivity contribution in [2.24, 2.45) is 0 Å². The predicted molar refractivity (Wildman–Crippen MR) is 86.6 cm³/mol. The molecule has 0 saturated carbocycles. The lowest BCUT2D eigenvalue weighted by atomic mass is 10.2. The van der Waals surface area contributed by atoms with Gasteiger partial charge in [0.25, 0.3) is 5.91 Å². The summed E-state index contributed by atoms with van der Waals surface area (Å²) >= 11 is 6.11. The van der Waals surface area contributed by atoms with E-state index >= 15 is 0 Å². The van der Waals surface area contributed by atoms with Crippen molar-refractivity contribution in [2.75, 3.05) is 18.4 Å². The Kier molecular flexibility index (Phi) is 4.24. The van der Waals surface area contributed by atoms with E-state index < -0.39 is 0 Å². The zero-order valence-corrected chi connectivity index (χ0v) is 13.1. The van der Waals surface area contributed by atoms with Gasteiger partial charge in [-0.1, -0.05) is 17.7 Å². The lowest BCUT2D eigenvalue weighted by molar-refractivity contribution is 0.0787. The molecule has 0 unspecified atom stereocenters. The van der Waals surface area contributed by atoms with Crippen LogP contribution in [0.2, 0.25) is 5.02 Å². The van der Waals surface area contributed by atoms with Crippen molar-refractivity contribution < 1.29 is 4.79 Å². The van der Waals surface area contributed by atoms with E-state index in [1.54, 1.807) is 12.3 Å². The maximum atomic E-state index is 12.3. The van der Waals surface area contributed by atoms with Crippen LogP contribution >= 0.6 is 11.6 Å². The summed E-state index contributed by atoms with van der Waals surface area (Å²) in [6.07, 6.45) is 3.71. The van der Waals surface area contributed by atoms with Crippen molar-refractivity contribution in [3.05, 3.63) is 46.7 Å². The highest BCUT2D eigenvalue weighted by Crippen LogP contribution is 2.22. The third-order valence-corrected chi connectivity index (χ3v) is 4.10. The van der Waals surface area contributed by atoms with Crippen molar-refractivity contribution in [1.29, 1.82) is 0 Å². The van der Waals surface area contributed by atoms with Crippen LogP contribution in [0.5, 0.6) is 0 Å². The molecule has 1 aliphatic heterocycles. The van der Waals surface area contributed by atoms with Gasteiger partial charge in [-0.2, -0.15) is 0 Å². The first kappa shape index (κ1) is 14.8. The summed E-state index contributed by atoms with van der Waals surface area (Å²) in [4.78, 5) is 22.6. The van der Waals surface area contributed by atoms with Crippen molar-refractivity contribution >= 4 is 29.1 Å². The van der Waals surface area contributed by atoms with Gasteiger partial charge in [0.1, 0.15) is 5.69 Å². The summed E-state index contributed by atoms with van der Waals surface area (Å²) < 4.78 is 0. The van der Waals surface area contributed by atoms with E-state index in [4.69, 9.17) is 11.6 Å². The molecule has 2 aromatic rings. The molecule has 1 aromatic heterocycles. The molecule has 1 aromatic carbocycles. The lowest BCUT2D eigenvalue weighted by Gasteiger charge is -2.14. The molecule has 1 aliphatic rings. The van der Waals surface area contributed by atoms with Crippen molar-refractivity contribution in [1.82, 2.24) is 14.9 Å². The number of nitrogens with zero attached hydrogens (tertiary/aromatic N) is 3. The molecule has 6 heteroatoms. The first-order valence-corrected chi connectivity index (χ1v) is 7.67. The molecule has 114 valence electrons. The van der Waals surface area contributed by atoms with E-state index in [-0.39, 0.29) is 5.91 Å². The largest absolute Gasteiger partial charge is 0.337 e. The predicted octanol–water partition coefficient (Wildman–Crippen LogP) is 3.42. The first-order valence-electron chi connectivity index (χ1n) is 7.29. The maximum Gasteiger partial charge on any atom is 0.272 e. The normalized spacial score (nSPS) is 14.2. The average molecular weight is 317 g/mol. The molecule has 0 aliphatic carbocycles. The Bertz CT molecular complexity index is 698. The summed E-state index contributed by atoms with van der Waals surface area (Å²) in [5, 5.41) is 3.76. The summed E-state index contributed by atoms with van der Waals surface area (Å²) in [5.41, 5.74) is 2.21. The van der Waals surface area contributed by atoms with Gasteiger partial charge in [0.2, 0.25) is 5.95 Å². The van der Waals surface area contributed by atoms with Crippen LogP contribution in [0.4, 0.5) is 11.6 Å². The van der Waals surface area contributed by atoms with Crippen molar-refractivity contribution in [3.8, 4) is 0 Å². The molecule has 22 heavy (non-hydrogen) atoms. The number of benzene rings is 1. The molecule has 5 nitrogen and oxygen atoms in total. The highest BCUT2D eigenvalue weighted by molar-refractivity contribution is 6.31. The number of hydrogen-bond acceptors (Lipinski definition) is 4. The quantitative estimate of drug-likeness (QED) is 0.942. The Morgan fingerprint density at radius 1 is 1.27 bits per heavy atom. The van der Waals surface area contributed by atoms with E-state index in [0.29, 0.717) is 16.7 Å². The number of amides is 1. The minimum Gasteiger partial charge on any atom is -0.337 e. The van der Waals surface area contributed by atoms with Gasteiger partial charge >= 0.3 is 0 Å². The molecule has 1 saturated heterocycles. The third kappa shape index (κ3) is 3.20. The Morgan fingerprint density at radius 3 is 2.77 bits per heavy atom. The Labute approximate surface area is 134 Å². The topological polar surface area (TPSA) is 58.1 Å². The monoisotopic (exact) mass is 316 g/mol. The van der Waals surface area contributed by atoms with Gasteiger partial charge in [-0.15, -0.1) is 0 Å². The minimum absolute atomic E-state index is 0.0371. The molecule has 0 spiro atoms. The number of carbonyl (C=O) groups is 1. The van der Waals surface area contributed by atoms with Gasteiger partial charge in [-0.05, 0) is 43.5 Å². The number of carbonyl (C=O) groups excluding carboxylic acids is 1. The third-order valence-electron chi connectivity index (χ3n) is 3.70. The number of halogens is 1. The molecular formula is C16H17ClN4O. The number of anilines is 2. The second-order valence-corrected chi connectivity index (χ2v) is 5.76. The number of likely N-dealkylation sites (tertiary alicyclic amines) is 1. The number of nitrogens with one attached hydrogen (secondary N) is 1. The fourth-order valence-electron chi connectivity index (χ4n) is 2.42. The molecule has 1 N–H and O–H groups in total. The number of rotatable bonds is 3. The van der Waals surface area contributed by atoms with Crippen molar-refractivity contribution in [2.45, 2.75) is 19.8 Å². The smallest absolute Gasteiger partial charge is 0.272 e. The number of aryl methyl sites for hydroxylation is 1. The molecule has 1 amide bonds. The molecule has 1 fully saturated rings. The van der Waals surface area contributed by atoms with Crippen LogP contribution in [0, 0.1) is 6.92 Å². The Morgan fingerprint density at radius 2 is 2.05 bits per heavy atom. The number of hydrogen-bond donors (Lipinski definition) is 1. The van der Waals surface area contributed by atoms with E-state index in [2.05, 4.69) is 15.3 Å². The first-order chi connectivity index (χ1) is 10.6. The van der Waals surface area contributed by atoms with Crippen LogP contribution in [0.1, 0.15) is 28.9 Å². The summed E-state index contributed by atoms with van der Waals surface area (Å²) in [5.74, 6) is 0.356. The van der Waals surface area contributed by atoms with Crippen LogP contribution in [0.25, 0.3) is 0 Å². The Balaban J connectivity index is 1.78. The molecule has 0 atom stereocenters. The van der Waals surface area contributed by atoms with E-state index in [0.717, 1.165) is 37.2 Å². The molecule has 0 bridgehead atoms. The fraction of sp³-hybridized carbons (Fsp3) is 0.312. The van der Waals surface area contributed by atoms with Crippen LogP contribution in [0.3, 0.4) is 0 Å². The van der Waals surface area contributed by atoms with E-state index in [9.17, 15) is 4.79 Å². The zero-order chi connectivity index (χ0) is 15.5. The summed E-state index contributed by atoms with van der Waals surface area (Å²) in [6.45, 7) is 3.55. The van der Waals surface area contributed by atoms with Crippen LogP contribution in [-0.4, -0.2) is 33.9 Å². The molecule has 3 rings (SSSR count). The molecule has 2 heterocycles. The number of aromatic nitrogens is 2. The van der Waals surface area contributed by atoms with E-state index in [1.807, 2.05) is 30.0 Å². The Hall–Kier alpha value is -2.14. The minimum atomic E-state index is -0.0371. The molecule has 0 radical (unpaired) electrons. The van der Waals surface area contributed by atoms with E-state index in [1.165, 1.54) is 0 Å². The van der Waals surface area contributed by atoms with Gasteiger partial charge < -0.3 is 10.2 Å². The van der Waals surface area contributed by atoms with Crippen LogP contribution in [-0.2, 0) is 0 Å². The van der Waals surface area contributed by atoms with Crippen LogP contribution < -0.4 is 5.32 Å². The zero-order valence-electron chi connectivity index (χ0n) is 12.3. The van der Waals surface area contributed by atoms with Gasteiger partial charge in [0.05, 0.1) is 0 Å². The average Bonchev–Trinajstić information content (AvgIpc) is 3.05. The SMILES string of the molecule is Cc1ccc(Nc2nccc(C(=O)N3CCCC3)n2)cc1Cl. The lowest BCUT2D eigenvalue weighted by Crippen LogP contribution is -2.28. The standard InChI is InChI=1S/C16H17ClN4O/c1-11-4-5-12(10-13(11)17)19-16-18-7-6-14(20-16)15(22)21-8-2-3-9-21/h4-7,10H,2-3,8-9H2,1H3,(H,18,19,20). The van der Waals surface area contributed by atoms with Gasteiger partial charge in [-0.25, -0.2) is 9.97 Å². The van der Waals surface area contributed by atoms with Gasteiger partial charge in [-0.3, -0.25) is 4.79 Å². The molecular weight excluding hydrogens is 300 g/mol. The fourth-order valence-corrected chi connectivity index (χ4v) is 2.60.